The lowest BCUT2D eigenvalue weighted by Crippen LogP contribution is -2.34. The van der Waals surface area contributed by atoms with Gasteiger partial charge in [-0.05, 0) is 50.1 Å². The number of anilines is 1. The van der Waals surface area contributed by atoms with Gasteiger partial charge in [-0.15, -0.1) is 0 Å². The van der Waals surface area contributed by atoms with Crippen LogP contribution in [0.25, 0.3) is 11.0 Å². The number of hydrogen-bond acceptors (Lipinski definition) is 3. The average Bonchev–Trinajstić information content (AvgIpc) is 3.35. The van der Waals surface area contributed by atoms with Crippen LogP contribution in [-0.4, -0.2) is 45.9 Å². The molecule has 0 bridgehead atoms. The molecule has 0 saturated carbocycles. The van der Waals surface area contributed by atoms with E-state index in [2.05, 4.69) is 19.1 Å². The maximum Gasteiger partial charge on any atom is 0.242 e. The molecule has 2 aromatic carbocycles. The molecule has 0 unspecified atom stereocenters. The monoisotopic (exact) mass is 418 g/mol. The van der Waals surface area contributed by atoms with Crippen LogP contribution < -0.4 is 4.90 Å². The van der Waals surface area contributed by atoms with Crippen molar-refractivity contribution in [1.29, 1.82) is 0 Å². The van der Waals surface area contributed by atoms with Crippen LogP contribution in [0.2, 0.25) is 0 Å². The summed E-state index contributed by atoms with van der Waals surface area (Å²) in [5.41, 5.74) is 3.98. The topological polar surface area (TPSA) is 58.4 Å². The van der Waals surface area contributed by atoms with Crippen molar-refractivity contribution in [2.75, 3.05) is 24.5 Å². The lowest BCUT2D eigenvalue weighted by Gasteiger charge is -2.21. The number of aryl methyl sites for hydroxylation is 1. The van der Waals surface area contributed by atoms with E-state index in [1.165, 1.54) is 5.56 Å². The zero-order chi connectivity index (χ0) is 22.0. The summed E-state index contributed by atoms with van der Waals surface area (Å²) in [6, 6.07) is 16.1. The van der Waals surface area contributed by atoms with E-state index >= 15 is 0 Å². The van der Waals surface area contributed by atoms with Gasteiger partial charge in [0.15, 0.2) is 0 Å². The number of rotatable bonds is 7. The highest BCUT2D eigenvalue weighted by atomic mass is 16.2. The minimum Gasteiger partial charge on any atom is -0.342 e. The van der Waals surface area contributed by atoms with Gasteiger partial charge in [0.25, 0.3) is 0 Å². The number of imidazole rings is 1. The van der Waals surface area contributed by atoms with Gasteiger partial charge in [0.2, 0.25) is 11.8 Å². The standard InChI is InChI=1S/C25H30N4O2/c1-4-18-11-13-20(14-12-18)28-16-19(15-23(28)30)25-26-21-9-7-8-10-22(21)29(25)17-24(31)27(5-2)6-3/h7-14,19H,4-6,15-17H2,1-3H3/t19-/m0/s1. The van der Waals surface area contributed by atoms with Gasteiger partial charge >= 0.3 is 0 Å². The second-order valence-corrected chi connectivity index (χ2v) is 8.04. The number of hydrogen-bond donors (Lipinski definition) is 0. The van der Waals surface area contributed by atoms with Crippen LogP contribution >= 0.6 is 0 Å². The number of carbonyl (C=O) groups excluding carboxylic acids is 2. The third kappa shape index (κ3) is 4.07. The summed E-state index contributed by atoms with van der Waals surface area (Å²) in [5, 5.41) is 0. The Bertz CT molecular complexity index is 1080. The SMILES string of the molecule is CCc1ccc(N2C[C@@H](c3nc4ccccc4n3CC(=O)N(CC)CC)CC2=O)cc1. The Hall–Kier alpha value is -3.15. The molecule has 0 aliphatic carbocycles. The highest BCUT2D eigenvalue weighted by Crippen LogP contribution is 2.33. The number of aromatic nitrogens is 2. The summed E-state index contributed by atoms with van der Waals surface area (Å²) < 4.78 is 2.01. The maximum absolute atomic E-state index is 12.9. The van der Waals surface area contributed by atoms with Crippen LogP contribution in [-0.2, 0) is 22.6 Å². The van der Waals surface area contributed by atoms with E-state index in [4.69, 9.17) is 4.98 Å². The Morgan fingerprint density at radius 2 is 1.77 bits per heavy atom. The van der Waals surface area contributed by atoms with Crippen molar-refractivity contribution in [2.24, 2.45) is 0 Å². The smallest absolute Gasteiger partial charge is 0.242 e. The van der Waals surface area contributed by atoms with Crippen LogP contribution in [0.5, 0.6) is 0 Å². The first-order chi connectivity index (χ1) is 15.0. The van der Waals surface area contributed by atoms with Crippen molar-refractivity contribution >= 4 is 28.5 Å². The molecule has 3 aromatic rings. The Morgan fingerprint density at radius 1 is 1.06 bits per heavy atom. The van der Waals surface area contributed by atoms with Crippen LogP contribution in [0.3, 0.4) is 0 Å². The number of likely N-dealkylation sites (N-methyl/N-ethyl adjacent to an activating group) is 1. The minimum atomic E-state index is -0.0461. The molecule has 162 valence electrons. The van der Waals surface area contributed by atoms with E-state index in [1.54, 1.807) is 0 Å². The molecule has 1 aliphatic rings. The maximum atomic E-state index is 12.9. The van der Waals surface area contributed by atoms with E-state index in [9.17, 15) is 9.59 Å². The van der Waals surface area contributed by atoms with Gasteiger partial charge in [0.05, 0.1) is 11.0 Å². The Morgan fingerprint density at radius 3 is 2.45 bits per heavy atom. The van der Waals surface area contributed by atoms with E-state index in [1.807, 2.05) is 64.6 Å². The average molecular weight is 419 g/mol. The van der Waals surface area contributed by atoms with Gasteiger partial charge in [-0.1, -0.05) is 31.2 Å². The quantitative estimate of drug-likeness (QED) is 0.583. The molecular weight excluding hydrogens is 388 g/mol. The van der Waals surface area contributed by atoms with Crippen molar-refractivity contribution in [3.63, 3.8) is 0 Å². The van der Waals surface area contributed by atoms with Crippen molar-refractivity contribution in [3.8, 4) is 0 Å². The number of fused-ring (bicyclic) bond motifs is 1. The minimum absolute atomic E-state index is 0.0461. The molecule has 2 heterocycles. The molecule has 1 aliphatic heterocycles. The van der Waals surface area contributed by atoms with Gasteiger partial charge in [-0.2, -0.15) is 0 Å². The Labute approximate surface area is 183 Å². The molecule has 0 N–H and O–H groups in total. The first kappa shape index (κ1) is 21.1. The zero-order valence-corrected chi connectivity index (χ0v) is 18.5. The predicted octanol–water partition coefficient (Wildman–Crippen LogP) is 3.99. The van der Waals surface area contributed by atoms with Gasteiger partial charge in [0.1, 0.15) is 12.4 Å². The number of amides is 2. The molecule has 6 nitrogen and oxygen atoms in total. The highest BCUT2D eigenvalue weighted by molar-refractivity contribution is 5.96. The van der Waals surface area contributed by atoms with E-state index in [-0.39, 0.29) is 24.3 Å². The molecular formula is C25H30N4O2. The number of benzene rings is 2. The van der Waals surface area contributed by atoms with Gasteiger partial charge < -0.3 is 14.4 Å². The third-order valence-corrected chi connectivity index (χ3v) is 6.24. The molecule has 1 saturated heterocycles. The summed E-state index contributed by atoms with van der Waals surface area (Å²) in [5.74, 6) is 0.951. The van der Waals surface area contributed by atoms with E-state index < -0.39 is 0 Å². The summed E-state index contributed by atoms with van der Waals surface area (Å²) >= 11 is 0. The van der Waals surface area contributed by atoms with Crippen LogP contribution in [0.4, 0.5) is 5.69 Å². The number of para-hydroxylation sites is 2. The fourth-order valence-corrected chi connectivity index (χ4v) is 4.43. The van der Waals surface area contributed by atoms with Gasteiger partial charge in [0, 0.05) is 37.7 Å². The van der Waals surface area contributed by atoms with Crippen LogP contribution in [0.15, 0.2) is 48.5 Å². The fraction of sp³-hybridized carbons (Fsp3) is 0.400. The molecule has 2 amide bonds. The molecule has 1 atom stereocenters. The number of carbonyl (C=O) groups is 2. The fourth-order valence-electron chi connectivity index (χ4n) is 4.43. The molecule has 1 aromatic heterocycles. The zero-order valence-electron chi connectivity index (χ0n) is 18.5. The van der Waals surface area contributed by atoms with Crippen molar-refractivity contribution in [2.45, 2.75) is 46.1 Å². The highest BCUT2D eigenvalue weighted by Gasteiger charge is 2.35. The molecule has 6 heteroatoms. The largest absolute Gasteiger partial charge is 0.342 e. The molecule has 4 rings (SSSR count). The van der Waals surface area contributed by atoms with Crippen LogP contribution in [0.1, 0.15) is 44.5 Å². The summed E-state index contributed by atoms with van der Waals surface area (Å²) in [6.45, 7) is 8.29. The third-order valence-electron chi connectivity index (χ3n) is 6.24. The molecule has 31 heavy (non-hydrogen) atoms. The van der Waals surface area contributed by atoms with Crippen molar-refractivity contribution < 1.29 is 9.59 Å². The Kier molecular flexibility index (Phi) is 6.07. The lowest BCUT2D eigenvalue weighted by atomic mass is 10.1. The summed E-state index contributed by atoms with van der Waals surface area (Å²) in [7, 11) is 0. The van der Waals surface area contributed by atoms with Crippen molar-refractivity contribution in [3.05, 3.63) is 59.9 Å². The normalized spacial score (nSPS) is 16.3. The lowest BCUT2D eigenvalue weighted by molar-refractivity contribution is -0.131. The van der Waals surface area contributed by atoms with E-state index in [0.29, 0.717) is 26.1 Å². The summed E-state index contributed by atoms with van der Waals surface area (Å²) in [6.07, 6.45) is 1.37. The van der Waals surface area contributed by atoms with Crippen LogP contribution in [0, 0.1) is 0 Å². The second kappa shape index (κ2) is 8.92. The summed E-state index contributed by atoms with van der Waals surface area (Å²) in [4.78, 5) is 34.3. The van der Waals surface area contributed by atoms with Gasteiger partial charge in [-0.3, -0.25) is 9.59 Å². The first-order valence-electron chi connectivity index (χ1n) is 11.2. The number of nitrogens with zero attached hydrogens (tertiary/aromatic N) is 4. The van der Waals surface area contributed by atoms with E-state index in [0.717, 1.165) is 29.0 Å². The second-order valence-electron chi connectivity index (χ2n) is 8.04. The molecule has 0 radical (unpaired) electrons. The Balaban J connectivity index is 1.66. The first-order valence-corrected chi connectivity index (χ1v) is 11.2. The predicted molar refractivity (Wildman–Crippen MR) is 123 cm³/mol. The molecule has 0 spiro atoms. The molecule has 1 fully saturated rings. The van der Waals surface area contributed by atoms with Crippen molar-refractivity contribution in [1.82, 2.24) is 14.5 Å². The van der Waals surface area contributed by atoms with Gasteiger partial charge in [-0.25, -0.2) is 4.98 Å².